The predicted molar refractivity (Wildman–Crippen MR) is 71.7 cm³/mol. The number of nitrogens with two attached hydrogens (primary N) is 1. The Labute approximate surface area is 110 Å². The number of halogens is 2. The molecule has 2 rings (SSSR count). The number of piperidine rings is 1. The molecule has 1 unspecified atom stereocenters. The Morgan fingerprint density at radius 3 is 2.71 bits per heavy atom. The van der Waals surface area contributed by atoms with Crippen molar-refractivity contribution in [1.82, 2.24) is 0 Å². The maximum absolute atomic E-state index is 11.9. The Kier molecular flexibility index (Phi) is 3.50. The second-order valence-corrected chi connectivity index (χ2v) is 5.14. The zero-order valence-corrected chi connectivity index (χ0v) is 11.1. The van der Waals surface area contributed by atoms with E-state index in [0.717, 1.165) is 12.8 Å². The summed E-state index contributed by atoms with van der Waals surface area (Å²) in [4.78, 5) is 13.7. The summed E-state index contributed by atoms with van der Waals surface area (Å²) >= 11 is 12.0. The molecule has 1 atom stereocenters. The van der Waals surface area contributed by atoms with Crippen LogP contribution in [-0.2, 0) is 4.79 Å². The number of rotatable bonds is 1. The Balaban J connectivity index is 2.45. The van der Waals surface area contributed by atoms with Gasteiger partial charge < -0.3 is 10.6 Å². The van der Waals surface area contributed by atoms with Gasteiger partial charge in [-0.15, -0.1) is 0 Å². The van der Waals surface area contributed by atoms with Crippen molar-refractivity contribution in [1.29, 1.82) is 0 Å². The van der Waals surface area contributed by atoms with Crippen molar-refractivity contribution in [3.8, 4) is 0 Å². The van der Waals surface area contributed by atoms with Crippen LogP contribution in [0.4, 0.5) is 11.4 Å². The molecule has 0 aromatic heterocycles. The lowest BCUT2D eigenvalue weighted by Gasteiger charge is -2.34. The SMILES string of the molecule is CC1CCCC(=O)N1c1cc(N)c(Cl)cc1Cl. The first-order chi connectivity index (χ1) is 8.00. The van der Waals surface area contributed by atoms with Gasteiger partial charge in [-0.2, -0.15) is 0 Å². The molecule has 1 aliphatic heterocycles. The maximum atomic E-state index is 11.9. The minimum Gasteiger partial charge on any atom is -0.397 e. The third-order valence-corrected chi connectivity index (χ3v) is 3.68. The quantitative estimate of drug-likeness (QED) is 0.796. The van der Waals surface area contributed by atoms with Crippen molar-refractivity contribution in [2.45, 2.75) is 32.2 Å². The van der Waals surface area contributed by atoms with Gasteiger partial charge in [0.1, 0.15) is 0 Å². The summed E-state index contributed by atoms with van der Waals surface area (Å²) in [5.41, 5.74) is 6.86. The molecule has 0 radical (unpaired) electrons. The molecule has 0 aliphatic carbocycles. The number of benzene rings is 1. The number of hydrogen-bond donors (Lipinski definition) is 1. The highest BCUT2D eigenvalue weighted by molar-refractivity contribution is 6.38. The first kappa shape index (κ1) is 12.5. The van der Waals surface area contributed by atoms with Gasteiger partial charge in [0.25, 0.3) is 0 Å². The standard InChI is InChI=1S/C12H14Cl2N2O/c1-7-3-2-4-12(17)16(7)11-6-10(15)8(13)5-9(11)14/h5-7H,2-4,15H2,1H3. The zero-order valence-electron chi connectivity index (χ0n) is 9.54. The molecule has 1 saturated heterocycles. The first-order valence-electron chi connectivity index (χ1n) is 5.57. The summed E-state index contributed by atoms with van der Waals surface area (Å²) < 4.78 is 0. The van der Waals surface area contributed by atoms with Gasteiger partial charge in [0.15, 0.2) is 0 Å². The van der Waals surface area contributed by atoms with Gasteiger partial charge in [0, 0.05) is 12.5 Å². The number of nitrogen functional groups attached to an aromatic ring is 1. The molecule has 2 N–H and O–H groups in total. The second kappa shape index (κ2) is 4.75. The molecule has 1 aromatic rings. The van der Waals surface area contributed by atoms with Gasteiger partial charge in [-0.1, -0.05) is 23.2 Å². The Morgan fingerprint density at radius 2 is 2.06 bits per heavy atom. The molecule has 0 saturated carbocycles. The van der Waals surface area contributed by atoms with Crippen molar-refractivity contribution in [2.75, 3.05) is 10.6 Å². The van der Waals surface area contributed by atoms with Gasteiger partial charge in [-0.05, 0) is 31.9 Å². The van der Waals surface area contributed by atoms with E-state index in [1.54, 1.807) is 17.0 Å². The average molecular weight is 273 g/mol. The van der Waals surface area contributed by atoms with Crippen molar-refractivity contribution in [2.24, 2.45) is 0 Å². The van der Waals surface area contributed by atoms with Crippen LogP contribution in [0.25, 0.3) is 0 Å². The highest BCUT2D eigenvalue weighted by Gasteiger charge is 2.28. The Morgan fingerprint density at radius 1 is 1.35 bits per heavy atom. The lowest BCUT2D eigenvalue weighted by Crippen LogP contribution is -2.42. The lowest BCUT2D eigenvalue weighted by molar-refractivity contribution is -0.120. The molecule has 1 aliphatic rings. The van der Waals surface area contributed by atoms with Crippen LogP contribution in [-0.4, -0.2) is 11.9 Å². The second-order valence-electron chi connectivity index (χ2n) is 4.33. The van der Waals surface area contributed by atoms with E-state index in [2.05, 4.69) is 0 Å². The Hall–Kier alpha value is -0.930. The molecule has 92 valence electrons. The van der Waals surface area contributed by atoms with Crippen LogP contribution in [0.15, 0.2) is 12.1 Å². The van der Waals surface area contributed by atoms with E-state index >= 15 is 0 Å². The van der Waals surface area contributed by atoms with Crippen molar-refractivity contribution in [3.63, 3.8) is 0 Å². The minimum absolute atomic E-state index is 0.0902. The molecule has 5 heteroatoms. The Bertz CT molecular complexity index is 462. The summed E-state index contributed by atoms with van der Waals surface area (Å²) in [6.45, 7) is 2.01. The fraction of sp³-hybridized carbons (Fsp3) is 0.417. The van der Waals surface area contributed by atoms with Gasteiger partial charge >= 0.3 is 0 Å². The van der Waals surface area contributed by atoms with E-state index < -0.39 is 0 Å². The molecule has 1 heterocycles. The summed E-state index contributed by atoms with van der Waals surface area (Å²) in [5.74, 6) is 0.0902. The molecule has 1 amide bonds. The predicted octanol–water partition coefficient (Wildman–Crippen LogP) is 3.48. The zero-order chi connectivity index (χ0) is 12.6. The smallest absolute Gasteiger partial charge is 0.227 e. The topological polar surface area (TPSA) is 46.3 Å². The normalized spacial score (nSPS) is 20.8. The number of anilines is 2. The van der Waals surface area contributed by atoms with Crippen LogP contribution in [0.3, 0.4) is 0 Å². The molecular formula is C12H14Cl2N2O. The highest BCUT2D eigenvalue weighted by atomic mass is 35.5. The lowest BCUT2D eigenvalue weighted by atomic mass is 10.0. The monoisotopic (exact) mass is 272 g/mol. The van der Waals surface area contributed by atoms with E-state index in [4.69, 9.17) is 28.9 Å². The molecule has 17 heavy (non-hydrogen) atoms. The number of hydrogen-bond acceptors (Lipinski definition) is 2. The number of nitrogens with zero attached hydrogens (tertiary/aromatic N) is 1. The van der Waals surface area contributed by atoms with Crippen LogP contribution in [0, 0.1) is 0 Å². The number of carbonyl (C=O) groups is 1. The van der Waals surface area contributed by atoms with E-state index in [0.29, 0.717) is 27.8 Å². The third kappa shape index (κ3) is 2.35. The van der Waals surface area contributed by atoms with Crippen LogP contribution in [0.1, 0.15) is 26.2 Å². The summed E-state index contributed by atoms with van der Waals surface area (Å²) in [5, 5.41) is 0.877. The van der Waals surface area contributed by atoms with Crippen LogP contribution < -0.4 is 10.6 Å². The van der Waals surface area contributed by atoms with Crippen molar-refractivity contribution in [3.05, 3.63) is 22.2 Å². The summed E-state index contributed by atoms with van der Waals surface area (Å²) in [6, 6.07) is 3.40. The molecule has 0 spiro atoms. The molecule has 1 aromatic carbocycles. The average Bonchev–Trinajstić information content (AvgIpc) is 2.25. The van der Waals surface area contributed by atoms with E-state index in [-0.39, 0.29) is 11.9 Å². The minimum atomic E-state index is 0.0902. The molecule has 1 fully saturated rings. The first-order valence-corrected chi connectivity index (χ1v) is 6.33. The summed E-state index contributed by atoms with van der Waals surface area (Å²) in [7, 11) is 0. The molecule has 0 bridgehead atoms. The highest BCUT2D eigenvalue weighted by Crippen LogP contribution is 2.36. The number of carbonyl (C=O) groups excluding carboxylic acids is 1. The number of amides is 1. The third-order valence-electron chi connectivity index (χ3n) is 3.05. The summed E-state index contributed by atoms with van der Waals surface area (Å²) in [6.07, 6.45) is 2.46. The van der Waals surface area contributed by atoms with Crippen LogP contribution >= 0.6 is 23.2 Å². The van der Waals surface area contributed by atoms with Gasteiger partial charge in [-0.25, -0.2) is 0 Å². The van der Waals surface area contributed by atoms with Gasteiger partial charge in [0.2, 0.25) is 5.91 Å². The fourth-order valence-corrected chi connectivity index (χ4v) is 2.63. The van der Waals surface area contributed by atoms with Crippen molar-refractivity contribution >= 4 is 40.5 Å². The van der Waals surface area contributed by atoms with E-state index in [1.807, 2.05) is 6.92 Å². The maximum Gasteiger partial charge on any atom is 0.227 e. The fourth-order valence-electron chi connectivity index (χ4n) is 2.15. The van der Waals surface area contributed by atoms with Gasteiger partial charge in [0.05, 0.1) is 21.4 Å². The van der Waals surface area contributed by atoms with Crippen molar-refractivity contribution < 1.29 is 4.79 Å². The van der Waals surface area contributed by atoms with Gasteiger partial charge in [-0.3, -0.25) is 4.79 Å². The largest absolute Gasteiger partial charge is 0.397 e. The van der Waals surface area contributed by atoms with E-state index in [9.17, 15) is 4.79 Å². The van der Waals surface area contributed by atoms with E-state index in [1.165, 1.54) is 0 Å². The molecular weight excluding hydrogens is 259 g/mol. The van der Waals surface area contributed by atoms with Crippen LogP contribution in [0.5, 0.6) is 0 Å². The molecule has 3 nitrogen and oxygen atoms in total. The van der Waals surface area contributed by atoms with Crippen LogP contribution in [0.2, 0.25) is 10.0 Å².